The molecule has 1 atom stereocenters. The Kier molecular flexibility index (Phi) is 7.01. The summed E-state index contributed by atoms with van der Waals surface area (Å²) in [6, 6.07) is 15.7. The molecule has 0 aliphatic carbocycles. The number of carbonyl (C=O) groups is 2. The number of hydrogen-bond acceptors (Lipinski definition) is 5. The predicted molar refractivity (Wildman–Crippen MR) is 130 cm³/mol. The SMILES string of the molecule is CC(C(=O)NCCc1ccc(S(N)(=O)=O)cc1)N1CCN(C(=O)c2cc3ccccc3[nH]2)CC1. The molecule has 1 fully saturated rings. The maximum absolute atomic E-state index is 12.9. The topological polar surface area (TPSA) is 129 Å². The van der Waals surface area contributed by atoms with Gasteiger partial charge in [0.2, 0.25) is 15.9 Å². The number of rotatable bonds is 7. The Bertz CT molecular complexity index is 1250. The number of amides is 2. The summed E-state index contributed by atoms with van der Waals surface area (Å²) >= 11 is 0. The van der Waals surface area contributed by atoms with E-state index >= 15 is 0 Å². The van der Waals surface area contributed by atoms with E-state index in [1.807, 2.05) is 42.2 Å². The summed E-state index contributed by atoms with van der Waals surface area (Å²) in [6.45, 7) is 4.66. The fourth-order valence-corrected chi connectivity index (χ4v) is 4.68. The van der Waals surface area contributed by atoms with Crippen molar-refractivity contribution in [3.8, 4) is 0 Å². The van der Waals surface area contributed by atoms with Gasteiger partial charge in [0.05, 0.1) is 10.9 Å². The number of benzene rings is 2. The first kappa shape index (κ1) is 23.9. The molecule has 0 bridgehead atoms. The summed E-state index contributed by atoms with van der Waals surface area (Å²) < 4.78 is 22.7. The Hall–Kier alpha value is -3.21. The van der Waals surface area contributed by atoms with Crippen molar-refractivity contribution in [2.45, 2.75) is 24.3 Å². The largest absolute Gasteiger partial charge is 0.354 e. The van der Waals surface area contributed by atoms with E-state index in [1.165, 1.54) is 12.1 Å². The molecule has 180 valence electrons. The van der Waals surface area contributed by atoms with Crippen LogP contribution in [0.4, 0.5) is 0 Å². The van der Waals surface area contributed by atoms with Gasteiger partial charge < -0.3 is 15.2 Å². The van der Waals surface area contributed by atoms with Gasteiger partial charge in [0, 0.05) is 43.6 Å². The molecule has 2 amide bonds. The third-order valence-corrected chi connectivity index (χ3v) is 7.18. The van der Waals surface area contributed by atoms with E-state index in [1.54, 1.807) is 12.1 Å². The second-order valence-corrected chi connectivity index (χ2v) is 10.1. The lowest BCUT2D eigenvalue weighted by Gasteiger charge is -2.37. The molecule has 1 saturated heterocycles. The average molecular weight is 484 g/mol. The zero-order valence-corrected chi connectivity index (χ0v) is 19.8. The Morgan fingerprint density at radius 1 is 1.06 bits per heavy atom. The van der Waals surface area contributed by atoms with Crippen LogP contribution in [0, 0.1) is 0 Å². The van der Waals surface area contributed by atoms with Crippen LogP contribution in [0.2, 0.25) is 0 Å². The fourth-order valence-electron chi connectivity index (χ4n) is 4.16. The molecular formula is C24H29N5O4S. The summed E-state index contributed by atoms with van der Waals surface area (Å²) in [6.07, 6.45) is 0.580. The number of fused-ring (bicyclic) bond motifs is 1. The zero-order valence-electron chi connectivity index (χ0n) is 19.0. The number of primary sulfonamides is 1. The number of nitrogens with zero attached hydrogens (tertiary/aromatic N) is 2. The van der Waals surface area contributed by atoms with Gasteiger partial charge in [0.1, 0.15) is 5.69 Å². The number of aromatic amines is 1. The third kappa shape index (κ3) is 5.46. The zero-order chi connectivity index (χ0) is 24.3. The molecule has 0 spiro atoms. The minimum Gasteiger partial charge on any atom is -0.354 e. The van der Waals surface area contributed by atoms with Crippen LogP contribution in [0.1, 0.15) is 23.0 Å². The molecular weight excluding hydrogens is 454 g/mol. The molecule has 4 N–H and O–H groups in total. The first-order chi connectivity index (χ1) is 16.2. The van der Waals surface area contributed by atoms with E-state index in [-0.39, 0.29) is 22.8 Å². The molecule has 1 aliphatic heterocycles. The van der Waals surface area contributed by atoms with Gasteiger partial charge in [-0.15, -0.1) is 0 Å². The molecule has 2 aromatic carbocycles. The second kappa shape index (κ2) is 9.96. The van der Waals surface area contributed by atoms with Crippen molar-refractivity contribution in [3.05, 3.63) is 65.9 Å². The first-order valence-electron chi connectivity index (χ1n) is 11.2. The standard InChI is InChI=1S/C24H29N5O4S/c1-17(23(30)26-11-10-18-6-8-20(9-7-18)34(25,32)33)28-12-14-29(15-13-28)24(31)22-16-19-4-2-3-5-21(19)27-22/h2-9,16-17,27H,10-15H2,1H3,(H,26,30)(H2,25,32,33). The molecule has 34 heavy (non-hydrogen) atoms. The van der Waals surface area contributed by atoms with Crippen molar-refractivity contribution in [2.75, 3.05) is 32.7 Å². The van der Waals surface area contributed by atoms with Crippen molar-refractivity contribution < 1.29 is 18.0 Å². The van der Waals surface area contributed by atoms with Crippen molar-refractivity contribution in [1.82, 2.24) is 20.1 Å². The number of carbonyl (C=O) groups excluding carboxylic acids is 2. The Morgan fingerprint density at radius 3 is 2.38 bits per heavy atom. The number of aromatic nitrogens is 1. The molecule has 3 aromatic rings. The number of piperazine rings is 1. The Labute approximate surface area is 199 Å². The van der Waals surface area contributed by atoms with E-state index in [4.69, 9.17) is 5.14 Å². The van der Waals surface area contributed by atoms with E-state index < -0.39 is 10.0 Å². The van der Waals surface area contributed by atoms with Gasteiger partial charge in [-0.2, -0.15) is 0 Å². The minimum atomic E-state index is -3.71. The molecule has 4 rings (SSSR count). The van der Waals surface area contributed by atoms with Gasteiger partial charge in [-0.1, -0.05) is 30.3 Å². The van der Waals surface area contributed by atoms with Crippen LogP contribution in [0.3, 0.4) is 0 Å². The number of nitrogens with one attached hydrogen (secondary N) is 2. The predicted octanol–water partition coefficient (Wildman–Crippen LogP) is 1.32. The smallest absolute Gasteiger partial charge is 0.270 e. The molecule has 2 heterocycles. The average Bonchev–Trinajstić information content (AvgIpc) is 3.27. The van der Waals surface area contributed by atoms with E-state index in [2.05, 4.69) is 15.2 Å². The van der Waals surface area contributed by atoms with Gasteiger partial charge in [-0.25, -0.2) is 13.6 Å². The van der Waals surface area contributed by atoms with Crippen LogP contribution in [0.5, 0.6) is 0 Å². The van der Waals surface area contributed by atoms with Crippen LogP contribution in [0.25, 0.3) is 10.9 Å². The summed E-state index contributed by atoms with van der Waals surface area (Å²) in [5.41, 5.74) is 2.43. The van der Waals surface area contributed by atoms with E-state index in [9.17, 15) is 18.0 Å². The van der Waals surface area contributed by atoms with Gasteiger partial charge >= 0.3 is 0 Å². The lowest BCUT2D eigenvalue weighted by atomic mass is 10.1. The lowest BCUT2D eigenvalue weighted by Crippen LogP contribution is -2.55. The highest BCUT2D eigenvalue weighted by Crippen LogP contribution is 2.17. The van der Waals surface area contributed by atoms with Crippen molar-refractivity contribution in [3.63, 3.8) is 0 Å². The van der Waals surface area contributed by atoms with Crippen LogP contribution in [-0.4, -0.2) is 73.8 Å². The van der Waals surface area contributed by atoms with E-state index in [0.717, 1.165) is 16.5 Å². The van der Waals surface area contributed by atoms with Crippen LogP contribution in [0.15, 0.2) is 59.5 Å². The highest BCUT2D eigenvalue weighted by atomic mass is 32.2. The molecule has 0 radical (unpaired) electrons. The summed E-state index contributed by atoms with van der Waals surface area (Å²) in [7, 11) is -3.71. The number of para-hydroxylation sites is 1. The third-order valence-electron chi connectivity index (χ3n) is 6.25. The maximum atomic E-state index is 12.9. The monoisotopic (exact) mass is 483 g/mol. The molecule has 10 heteroatoms. The first-order valence-corrected chi connectivity index (χ1v) is 12.8. The van der Waals surface area contributed by atoms with Gasteiger partial charge in [-0.3, -0.25) is 14.5 Å². The molecule has 1 aromatic heterocycles. The lowest BCUT2D eigenvalue weighted by molar-refractivity contribution is -0.126. The van der Waals surface area contributed by atoms with Gasteiger partial charge in [-0.05, 0) is 43.2 Å². The highest BCUT2D eigenvalue weighted by molar-refractivity contribution is 7.89. The van der Waals surface area contributed by atoms with Crippen molar-refractivity contribution in [1.29, 1.82) is 0 Å². The number of H-pyrrole nitrogens is 1. The maximum Gasteiger partial charge on any atom is 0.270 e. The van der Waals surface area contributed by atoms with Crippen LogP contribution in [-0.2, 0) is 21.2 Å². The highest BCUT2D eigenvalue weighted by Gasteiger charge is 2.28. The van der Waals surface area contributed by atoms with Crippen LogP contribution >= 0.6 is 0 Å². The molecule has 1 aliphatic rings. The fraction of sp³-hybridized carbons (Fsp3) is 0.333. The van der Waals surface area contributed by atoms with Gasteiger partial charge in [0.25, 0.3) is 5.91 Å². The van der Waals surface area contributed by atoms with Gasteiger partial charge in [0.15, 0.2) is 0 Å². The van der Waals surface area contributed by atoms with E-state index in [0.29, 0.717) is 44.8 Å². The number of nitrogens with two attached hydrogens (primary N) is 1. The normalized spacial score (nSPS) is 15.9. The molecule has 1 unspecified atom stereocenters. The minimum absolute atomic E-state index is 0.0265. The number of hydrogen-bond donors (Lipinski definition) is 3. The Morgan fingerprint density at radius 2 is 1.74 bits per heavy atom. The number of sulfonamides is 1. The Balaban J connectivity index is 1.23. The molecule has 0 saturated carbocycles. The summed E-state index contributed by atoms with van der Waals surface area (Å²) in [4.78, 5) is 32.7. The quantitative estimate of drug-likeness (QED) is 0.467. The van der Waals surface area contributed by atoms with Crippen molar-refractivity contribution >= 4 is 32.7 Å². The van der Waals surface area contributed by atoms with Crippen LogP contribution < -0.4 is 10.5 Å². The summed E-state index contributed by atoms with van der Waals surface area (Å²) in [5.74, 6) is -0.0991. The summed E-state index contributed by atoms with van der Waals surface area (Å²) in [5, 5.41) is 9.06. The molecule has 9 nitrogen and oxygen atoms in total. The second-order valence-electron chi connectivity index (χ2n) is 8.50. The van der Waals surface area contributed by atoms with Crippen molar-refractivity contribution in [2.24, 2.45) is 5.14 Å².